The summed E-state index contributed by atoms with van der Waals surface area (Å²) in [5.74, 6) is 2.30. The zero-order valence-corrected chi connectivity index (χ0v) is 20.3. The SMILES string of the molecule is [C-]#[N+]/C(=C\c1ccc(OCCCCCCOC(=O)C(=C)C)c(OCC)c1)c1ccc2c(c1)OCO2. The van der Waals surface area contributed by atoms with Crippen molar-refractivity contribution in [3.63, 3.8) is 0 Å². The van der Waals surface area contributed by atoms with Gasteiger partial charge in [0.1, 0.15) is 0 Å². The molecule has 0 saturated carbocycles. The van der Waals surface area contributed by atoms with Crippen molar-refractivity contribution >= 4 is 17.7 Å². The molecule has 0 bridgehead atoms. The number of carbonyl (C=O) groups is 1. The van der Waals surface area contributed by atoms with Gasteiger partial charge in [-0.1, -0.05) is 18.7 Å². The van der Waals surface area contributed by atoms with E-state index in [0.29, 0.717) is 54.1 Å². The Bertz CT molecular complexity index is 1110. The highest BCUT2D eigenvalue weighted by molar-refractivity contribution is 5.87. The maximum absolute atomic E-state index is 11.4. The fourth-order valence-electron chi connectivity index (χ4n) is 3.42. The minimum absolute atomic E-state index is 0.194. The molecule has 2 aromatic carbocycles. The van der Waals surface area contributed by atoms with Crippen LogP contribution in [-0.4, -0.2) is 32.6 Å². The molecule has 7 nitrogen and oxygen atoms in total. The van der Waals surface area contributed by atoms with Gasteiger partial charge in [-0.2, -0.15) is 0 Å². The highest BCUT2D eigenvalue weighted by Gasteiger charge is 2.15. The summed E-state index contributed by atoms with van der Waals surface area (Å²) >= 11 is 0. The molecule has 0 atom stereocenters. The van der Waals surface area contributed by atoms with Crippen molar-refractivity contribution < 1.29 is 28.5 Å². The van der Waals surface area contributed by atoms with E-state index in [-0.39, 0.29) is 12.8 Å². The van der Waals surface area contributed by atoms with Crippen LogP contribution in [0.15, 0.2) is 48.6 Å². The molecule has 0 radical (unpaired) electrons. The lowest BCUT2D eigenvalue weighted by Gasteiger charge is -2.13. The number of nitrogens with zero attached hydrogens (tertiary/aromatic N) is 1. The molecule has 184 valence electrons. The molecule has 0 amide bonds. The second-order valence-electron chi connectivity index (χ2n) is 8.03. The van der Waals surface area contributed by atoms with Gasteiger partial charge < -0.3 is 23.7 Å². The minimum atomic E-state index is -0.338. The predicted octanol–water partition coefficient (Wildman–Crippen LogP) is 6.29. The van der Waals surface area contributed by atoms with Crippen molar-refractivity contribution in [1.82, 2.24) is 0 Å². The van der Waals surface area contributed by atoms with Gasteiger partial charge in [-0.15, -0.1) is 0 Å². The lowest BCUT2D eigenvalue weighted by atomic mass is 10.1. The Labute approximate surface area is 206 Å². The first-order valence-corrected chi connectivity index (χ1v) is 11.7. The molecule has 35 heavy (non-hydrogen) atoms. The number of esters is 1. The van der Waals surface area contributed by atoms with E-state index in [9.17, 15) is 4.79 Å². The van der Waals surface area contributed by atoms with Crippen molar-refractivity contribution in [1.29, 1.82) is 0 Å². The third-order valence-corrected chi connectivity index (χ3v) is 5.24. The van der Waals surface area contributed by atoms with Crippen molar-refractivity contribution in [2.45, 2.75) is 39.5 Å². The molecule has 0 aromatic heterocycles. The Kier molecular flexibility index (Phi) is 9.61. The number of benzene rings is 2. The molecule has 0 saturated heterocycles. The van der Waals surface area contributed by atoms with E-state index in [1.807, 2.05) is 49.4 Å². The number of rotatable bonds is 13. The average molecular weight is 478 g/mol. The van der Waals surface area contributed by atoms with Crippen LogP contribution in [0, 0.1) is 6.57 Å². The molecule has 1 heterocycles. The van der Waals surface area contributed by atoms with Crippen LogP contribution in [0.4, 0.5) is 0 Å². The summed E-state index contributed by atoms with van der Waals surface area (Å²) in [5, 5.41) is 0. The summed E-state index contributed by atoms with van der Waals surface area (Å²) in [6.45, 7) is 16.4. The van der Waals surface area contributed by atoms with Crippen LogP contribution in [0.3, 0.4) is 0 Å². The molecule has 0 spiro atoms. The molecule has 1 aliphatic heterocycles. The van der Waals surface area contributed by atoms with Gasteiger partial charge >= 0.3 is 5.97 Å². The van der Waals surface area contributed by atoms with E-state index in [0.717, 1.165) is 36.8 Å². The van der Waals surface area contributed by atoms with Gasteiger partial charge in [0.25, 0.3) is 0 Å². The fourth-order valence-corrected chi connectivity index (χ4v) is 3.42. The first-order valence-electron chi connectivity index (χ1n) is 11.7. The Balaban J connectivity index is 1.55. The topological polar surface area (TPSA) is 67.6 Å². The van der Waals surface area contributed by atoms with Crippen LogP contribution in [0.2, 0.25) is 0 Å². The van der Waals surface area contributed by atoms with Crippen LogP contribution in [0.5, 0.6) is 23.0 Å². The lowest BCUT2D eigenvalue weighted by Crippen LogP contribution is -2.06. The molecule has 0 fully saturated rings. The van der Waals surface area contributed by atoms with Gasteiger partial charge in [0.05, 0.1) is 26.4 Å². The Hall–Kier alpha value is -3.92. The summed E-state index contributed by atoms with van der Waals surface area (Å²) in [6, 6.07) is 11.1. The van der Waals surface area contributed by atoms with Gasteiger partial charge in [0.2, 0.25) is 6.79 Å². The van der Waals surface area contributed by atoms with Crippen LogP contribution in [0.25, 0.3) is 16.6 Å². The van der Waals surface area contributed by atoms with Crippen LogP contribution in [0.1, 0.15) is 50.7 Å². The van der Waals surface area contributed by atoms with Gasteiger partial charge in [0.15, 0.2) is 28.7 Å². The number of ether oxygens (including phenoxy) is 5. The third kappa shape index (κ3) is 7.54. The Morgan fingerprint density at radius 3 is 2.54 bits per heavy atom. The normalized spacial score (nSPS) is 12.1. The standard InChI is InChI=1S/C28H31NO6/c1-5-31-26-17-21(16-23(29-4)22-11-13-25-27(18-22)35-19-34-25)10-12-24(26)32-14-8-6-7-9-15-33-28(30)20(2)3/h10-13,16-18H,2,5-9,14-15,19H2,1,3H3/b23-16-. The van der Waals surface area contributed by atoms with Crippen molar-refractivity contribution in [3.8, 4) is 23.0 Å². The maximum atomic E-state index is 11.4. The maximum Gasteiger partial charge on any atom is 0.333 e. The Morgan fingerprint density at radius 2 is 1.80 bits per heavy atom. The van der Waals surface area contributed by atoms with E-state index >= 15 is 0 Å². The first-order chi connectivity index (χ1) is 17.0. The van der Waals surface area contributed by atoms with E-state index < -0.39 is 0 Å². The van der Waals surface area contributed by atoms with Gasteiger partial charge in [-0.3, -0.25) is 0 Å². The fraction of sp³-hybridized carbons (Fsp3) is 0.357. The molecular weight excluding hydrogens is 446 g/mol. The quantitative estimate of drug-likeness (QED) is 0.111. The molecule has 0 aliphatic carbocycles. The van der Waals surface area contributed by atoms with Crippen molar-refractivity contribution in [3.05, 3.63) is 71.1 Å². The summed E-state index contributed by atoms with van der Waals surface area (Å²) in [7, 11) is 0. The largest absolute Gasteiger partial charge is 0.490 e. The zero-order chi connectivity index (χ0) is 25.0. The second-order valence-corrected chi connectivity index (χ2v) is 8.03. The van der Waals surface area contributed by atoms with Crippen molar-refractivity contribution in [2.24, 2.45) is 0 Å². The van der Waals surface area contributed by atoms with Gasteiger partial charge in [0, 0.05) is 5.57 Å². The monoisotopic (exact) mass is 477 g/mol. The van der Waals surface area contributed by atoms with Crippen molar-refractivity contribution in [2.75, 3.05) is 26.6 Å². The number of fused-ring (bicyclic) bond motifs is 1. The molecule has 1 aliphatic rings. The molecule has 0 unspecified atom stereocenters. The second kappa shape index (κ2) is 13.1. The molecular formula is C28H31NO6. The summed E-state index contributed by atoms with van der Waals surface area (Å²) in [4.78, 5) is 15.0. The van der Waals surface area contributed by atoms with Crippen LogP contribution >= 0.6 is 0 Å². The zero-order valence-electron chi connectivity index (χ0n) is 20.3. The van der Waals surface area contributed by atoms with E-state index in [4.69, 9.17) is 30.3 Å². The minimum Gasteiger partial charge on any atom is -0.490 e. The number of hydrogen-bond acceptors (Lipinski definition) is 6. The van der Waals surface area contributed by atoms with Gasteiger partial charge in [-0.05, 0) is 81.0 Å². The number of unbranched alkanes of at least 4 members (excludes halogenated alkanes) is 3. The molecule has 0 N–H and O–H groups in total. The molecule has 7 heteroatoms. The van der Waals surface area contributed by atoms with E-state index in [1.165, 1.54) is 0 Å². The van der Waals surface area contributed by atoms with E-state index in [1.54, 1.807) is 6.92 Å². The molecule has 2 aromatic rings. The first kappa shape index (κ1) is 25.7. The number of hydrogen-bond donors (Lipinski definition) is 0. The Morgan fingerprint density at radius 1 is 1.03 bits per heavy atom. The third-order valence-electron chi connectivity index (χ3n) is 5.24. The number of carbonyl (C=O) groups excluding carboxylic acids is 1. The lowest BCUT2D eigenvalue weighted by molar-refractivity contribution is -0.139. The average Bonchev–Trinajstić information content (AvgIpc) is 3.33. The van der Waals surface area contributed by atoms with Crippen LogP contribution < -0.4 is 18.9 Å². The smallest absolute Gasteiger partial charge is 0.333 e. The predicted molar refractivity (Wildman–Crippen MR) is 134 cm³/mol. The summed E-state index contributed by atoms with van der Waals surface area (Å²) in [6.07, 6.45) is 5.44. The molecule has 3 rings (SSSR count). The highest BCUT2D eigenvalue weighted by atomic mass is 16.7. The van der Waals surface area contributed by atoms with E-state index in [2.05, 4.69) is 11.4 Å². The van der Waals surface area contributed by atoms with Crippen LogP contribution in [-0.2, 0) is 9.53 Å². The summed E-state index contributed by atoms with van der Waals surface area (Å²) in [5.41, 5.74) is 2.52. The van der Waals surface area contributed by atoms with Gasteiger partial charge in [-0.25, -0.2) is 9.64 Å². The highest BCUT2D eigenvalue weighted by Crippen LogP contribution is 2.36. The summed E-state index contributed by atoms with van der Waals surface area (Å²) < 4.78 is 27.6.